The number of rotatable bonds is 3. The number of hydrogen-bond donors (Lipinski definition) is 2. The smallest absolute Gasteiger partial charge is 0.259 e. The van der Waals surface area contributed by atoms with Gasteiger partial charge in [0.15, 0.2) is 5.65 Å². The minimum absolute atomic E-state index is 0.251. The van der Waals surface area contributed by atoms with E-state index in [0.29, 0.717) is 11.2 Å². The van der Waals surface area contributed by atoms with Gasteiger partial charge in [0.2, 0.25) is 5.95 Å². The van der Waals surface area contributed by atoms with Crippen molar-refractivity contribution in [1.82, 2.24) is 19.6 Å². The van der Waals surface area contributed by atoms with Crippen LogP contribution in [0.25, 0.3) is 5.65 Å². The molecule has 0 spiro atoms. The minimum atomic E-state index is -0.309. The molecular formula is C14H13BrN6O. The SMILES string of the molecule is CNc1cc(C)c2nc(NC(=O)c3cncc(Br)c3)nn2c1. The summed E-state index contributed by atoms with van der Waals surface area (Å²) < 4.78 is 2.37. The number of amides is 1. The molecule has 7 nitrogen and oxygen atoms in total. The Morgan fingerprint density at radius 2 is 2.14 bits per heavy atom. The van der Waals surface area contributed by atoms with Gasteiger partial charge in [0.05, 0.1) is 17.4 Å². The molecule has 1 amide bonds. The lowest BCUT2D eigenvalue weighted by atomic mass is 10.3. The highest BCUT2D eigenvalue weighted by Gasteiger charge is 2.12. The second-order valence-corrected chi connectivity index (χ2v) is 5.63. The molecule has 3 aromatic heterocycles. The number of aromatic nitrogens is 4. The number of carbonyl (C=O) groups is 1. The van der Waals surface area contributed by atoms with Crippen molar-refractivity contribution in [3.05, 3.63) is 46.3 Å². The van der Waals surface area contributed by atoms with Crippen molar-refractivity contribution in [2.24, 2.45) is 0 Å². The van der Waals surface area contributed by atoms with Gasteiger partial charge in [-0.15, -0.1) is 5.10 Å². The summed E-state index contributed by atoms with van der Waals surface area (Å²) in [6.45, 7) is 1.94. The largest absolute Gasteiger partial charge is 0.387 e. The third-order valence-corrected chi connectivity index (χ3v) is 3.53. The molecule has 112 valence electrons. The predicted octanol–water partition coefficient (Wildman–Crippen LogP) is 2.49. The van der Waals surface area contributed by atoms with E-state index in [4.69, 9.17) is 0 Å². The summed E-state index contributed by atoms with van der Waals surface area (Å²) in [5.74, 6) is -0.0578. The fraction of sp³-hybridized carbons (Fsp3) is 0.143. The Morgan fingerprint density at radius 1 is 1.32 bits per heavy atom. The third-order valence-electron chi connectivity index (χ3n) is 3.10. The van der Waals surface area contributed by atoms with E-state index in [1.54, 1.807) is 16.8 Å². The summed E-state index contributed by atoms with van der Waals surface area (Å²) in [5, 5.41) is 10.0. The van der Waals surface area contributed by atoms with Crippen LogP contribution in [0.15, 0.2) is 35.2 Å². The van der Waals surface area contributed by atoms with Gasteiger partial charge < -0.3 is 5.32 Å². The number of nitrogens with zero attached hydrogens (tertiary/aromatic N) is 4. The second-order valence-electron chi connectivity index (χ2n) is 4.71. The molecule has 0 bridgehead atoms. The quantitative estimate of drug-likeness (QED) is 0.749. The fourth-order valence-electron chi connectivity index (χ4n) is 2.05. The molecule has 0 saturated heterocycles. The Kier molecular flexibility index (Phi) is 3.76. The Morgan fingerprint density at radius 3 is 2.86 bits per heavy atom. The van der Waals surface area contributed by atoms with Gasteiger partial charge in [-0.2, -0.15) is 4.98 Å². The van der Waals surface area contributed by atoms with Gasteiger partial charge in [-0.05, 0) is 40.5 Å². The summed E-state index contributed by atoms with van der Waals surface area (Å²) in [7, 11) is 1.83. The minimum Gasteiger partial charge on any atom is -0.387 e. The van der Waals surface area contributed by atoms with Gasteiger partial charge in [-0.25, -0.2) is 4.52 Å². The highest BCUT2D eigenvalue weighted by molar-refractivity contribution is 9.10. The molecule has 0 aliphatic heterocycles. The molecule has 2 N–H and O–H groups in total. The van der Waals surface area contributed by atoms with Crippen LogP contribution < -0.4 is 10.6 Å². The number of anilines is 2. The maximum absolute atomic E-state index is 12.2. The van der Waals surface area contributed by atoms with E-state index >= 15 is 0 Å². The lowest BCUT2D eigenvalue weighted by molar-refractivity contribution is 0.102. The van der Waals surface area contributed by atoms with Crippen LogP contribution in [0, 0.1) is 6.92 Å². The molecule has 0 aromatic carbocycles. The van der Waals surface area contributed by atoms with E-state index in [-0.39, 0.29) is 11.9 Å². The van der Waals surface area contributed by atoms with Crippen molar-refractivity contribution >= 4 is 39.1 Å². The first-order valence-corrected chi connectivity index (χ1v) is 7.33. The van der Waals surface area contributed by atoms with Crippen LogP contribution in [0.3, 0.4) is 0 Å². The van der Waals surface area contributed by atoms with E-state index in [2.05, 4.69) is 41.6 Å². The normalized spacial score (nSPS) is 10.7. The number of hydrogen-bond acceptors (Lipinski definition) is 5. The zero-order valence-electron chi connectivity index (χ0n) is 12.0. The molecule has 0 unspecified atom stereocenters. The standard InChI is InChI=1S/C14H13BrN6O/c1-8-3-11(16-2)7-21-12(8)18-14(20-21)19-13(22)9-4-10(15)6-17-5-9/h3-7,16H,1-2H3,(H,19,20,22). The maximum atomic E-state index is 12.2. The van der Waals surface area contributed by atoms with Crippen LogP contribution >= 0.6 is 15.9 Å². The highest BCUT2D eigenvalue weighted by Crippen LogP contribution is 2.17. The van der Waals surface area contributed by atoms with Crippen LogP contribution in [0.5, 0.6) is 0 Å². The van der Waals surface area contributed by atoms with Crippen molar-refractivity contribution in [3.8, 4) is 0 Å². The Labute approximate surface area is 134 Å². The fourth-order valence-corrected chi connectivity index (χ4v) is 2.41. The molecule has 22 heavy (non-hydrogen) atoms. The molecule has 0 fully saturated rings. The molecule has 0 saturated carbocycles. The topological polar surface area (TPSA) is 84.2 Å². The van der Waals surface area contributed by atoms with Crippen LogP contribution in [-0.4, -0.2) is 32.5 Å². The summed E-state index contributed by atoms with van der Waals surface area (Å²) in [5.41, 5.74) is 3.01. The van der Waals surface area contributed by atoms with Crippen LogP contribution in [0.4, 0.5) is 11.6 Å². The number of aryl methyl sites for hydroxylation is 1. The Balaban J connectivity index is 1.91. The molecule has 3 aromatic rings. The molecule has 0 atom stereocenters. The van der Waals surface area contributed by atoms with Gasteiger partial charge in [0.1, 0.15) is 0 Å². The molecule has 0 aliphatic carbocycles. The summed E-state index contributed by atoms with van der Waals surface area (Å²) in [4.78, 5) is 20.5. The monoisotopic (exact) mass is 360 g/mol. The number of nitrogens with one attached hydrogen (secondary N) is 2. The molecule has 0 aliphatic rings. The van der Waals surface area contributed by atoms with Crippen molar-refractivity contribution in [3.63, 3.8) is 0 Å². The van der Waals surface area contributed by atoms with Gasteiger partial charge in [0, 0.05) is 23.9 Å². The zero-order chi connectivity index (χ0) is 15.7. The first-order chi connectivity index (χ1) is 10.6. The van der Waals surface area contributed by atoms with Crippen LogP contribution in [0.2, 0.25) is 0 Å². The molecule has 3 heterocycles. The molecule has 0 radical (unpaired) electrons. The molecule has 8 heteroatoms. The zero-order valence-corrected chi connectivity index (χ0v) is 13.5. The average Bonchev–Trinajstić information content (AvgIpc) is 2.90. The first kappa shape index (κ1) is 14.5. The van der Waals surface area contributed by atoms with Crippen molar-refractivity contribution < 1.29 is 4.79 Å². The van der Waals surface area contributed by atoms with E-state index in [0.717, 1.165) is 15.7 Å². The lowest BCUT2D eigenvalue weighted by Crippen LogP contribution is -2.13. The van der Waals surface area contributed by atoms with Crippen molar-refractivity contribution in [2.75, 3.05) is 17.7 Å². The van der Waals surface area contributed by atoms with E-state index in [1.807, 2.05) is 26.2 Å². The second kappa shape index (κ2) is 5.72. The van der Waals surface area contributed by atoms with E-state index in [9.17, 15) is 4.79 Å². The third kappa shape index (κ3) is 2.77. The number of carbonyl (C=O) groups excluding carboxylic acids is 1. The maximum Gasteiger partial charge on any atom is 0.259 e. The first-order valence-electron chi connectivity index (χ1n) is 6.53. The summed E-state index contributed by atoms with van der Waals surface area (Å²) in [6, 6.07) is 3.65. The Hall–Kier alpha value is -2.48. The van der Waals surface area contributed by atoms with Gasteiger partial charge in [-0.1, -0.05) is 0 Å². The van der Waals surface area contributed by atoms with Crippen LogP contribution in [-0.2, 0) is 0 Å². The molecule has 3 rings (SSSR count). The van der Waals surface area contributed by atoms with Crippen molar-refractivity contribution in [1.29, 1.82) is 0 Å². The number of fused-ring (bicyclic) bond motifs is 1. The van der Waals surface area contributed by atoms with E-state index < -0.39 is 0 Å². The summed E-state index contributed by atoms with van der Waals surface area (Å²) in [6.07, 6.45) is 4.91. The van der Waals surface area contributed by atoms with Gasteiger partial charge in [0.25, 0.3) is 5.91 Å². The Bertz CT molecular complexity index is 860. The lowest BCUT2D eigenvalue weighted by Gasteiger charge is -2.01. The predicted molar refractivity (Wildman–Crippen MR) is 87.2 cm³/mol. The number of pyridine rings is 2. The summed E-state index contributed by atoms with van der Waals surface area (Å²) >= 11 is 3.28. The van der Waals surface area contributed by atoms with E-state index in [1.165, 1.54) is 6.20 Å². The van der Waals surface area contributed by atoms with Gasteiger partial charge in [-0.3, -0.25) is 15.1 Å². The van der Waals surface area contributed by atoms with Crippen LogP contribution in [0.1, 0.15) is 15.9 Å². The number of halogens is 1. The van der Waals surface area contributed by atoms with Crippen molar-refractivity contribution in [2.45, 2.75) is 6.92 Å². The molecular weight excluding hydrogens is 348 g/mol. The average molecular weight is 361 g/mol. The highest BCUT2D eigenvalue weighted by atomic mass is 79.9. The van der Waals surface area contributed by atoms with Gasteiger partial charge >= 0.3 is 0 Å².